The summed E-state index contributed by atoms with van der Waals surface area (Å²) in [5, 5.41) is 0. The van der Waals surface area contributed by atoms with Crippen molar-refractivity contribution in [1.82, 2.24) is 0 Å². The quantitative estimate of drug-likeness (QED) is 0.186. The van der Waals surface area contributed by atoms with E-state index in [9.17, 15) is 0 Å². The summed E-state index contributed by atoms with van der Waals surface area (Å²) in [6, 6.07) is 0. The van der Waals surface area contributed by atoms with E-state index < -0.39 is 0 Å². The Morgan fingerprint density at radius 2 is 0.500 bits per heavy atom. The van der Waals surface area contributed by atoms with Gasteiger partial charge < -0.3 is 0 Å². The molecule has 18 heavy (non-hydrogen) atoms. The highest BCUT2D eigenvalue weighted by molar-refractivity contribution is 14.0. The number of halogens is 2. The van der Waals surface area contributed by atoms with Gasteiger partial charge in [-0.1, -0.05) is 104 Å². The summed E-state index contributed by atoms with van der Waals surface area (Å²) in [6.45, 7) is 4.58. The van der Waals surface area contributed by atoms with E-state index in [0.29, 0.717) is 0 Å². The van der Waals surface area contributed by atoms with E-state index >= 15 is 0 Å². The molecule has 0 aliphatic heterocycles. The Morgan fingerprint density at radius 1 is 0.333 bits per heavy atom. The molecule has 0 radical (unpaired) electrons. The molecule has 0 aromatic carbocycles. The number of rotatable bonds is 13. The fourth-order valence-electron chi connectivity index (χ4n) is 2.27. The van der Waals surface area contributed by atoms with E-state index in [-0.39, 0.29) is 48.0 Å². The summed E-state index contributed by atoms with van der Waals surface area (Å²) in [5.41, 5.74) is 0. The van der Waals surface area contributed by atoms with E-state index in [2.05, 4.69) is 13.8 Å². The van der Waals surface area contributed by atoms with E-state index in [1.54, 1.807) is 0 Å². The van der Waals surface area contributed by atoms with Gasteiger partial charge in [0, 0.05) is 0 Å². The van der Waals surface area contributed by atoms with Crippen molar-refractivity contribution in [3.8, 4) is 0 Å². The van der Waals surface area contributed by atoms with Gasteiger partial charge in [-0.05, 0) is 0 Å². The lowest BCUT2D eigenvalue weighted by Crippen LogP contribution is -1.82. The molecule has 0 saturated heterocycles. The van der Waals surface area contributed by atoms with Crippen LogP contribution >= 0.6 is 48.0 Å². The monoisotopic (exact) mass is 482 g/mol. The van der Waals surface area contributed by atoms with Gasteiger partial charge in [0.05, 0.1) is 0 Å². The van der Waals surface area contributed by atoms with Crippen LogP contribution in [-0.4, -0.2) is 0 Å². The molecule has 0 heterocycles. The summed E-state index contributed by atoms with van der Waals surface area (Å²) in [4.78, 5) is 0. The van der Waals surface area contributed by atoms with Gasteiger partial charge in [0.15, 0.2) is 0 Å². The minimum absolute atomic E-state index is 0. The first-order chi connectivity index (χ1) is 7.91. The number of unbranched alkanes of at least 4 members (excludes halogenated alkanes) is 13. The zero-order valence-corrected chi connectivity index (χ0v) is 17.4. The van der Waals surface area contributed by atoms with Crippen LogP contribution in [0.4, 0.5) is 0 Å². The van der Waals surface area contributed by atoms with Crippen molar-refractivity contribution in [3.05, 3.63) is 0 Å². The highest BCUT2D eigenvalue weighted by Crippen LogP contribution is 2.12. The van der Waals surface area contributed by atoms with E-state index in [4.69, 9.17) is 0 Å². The average molecular weight is 482 g/mol. The largest absolute Gasteiger partial charge is 0.107 e. The molecule has 0 saturated carbocycles. The van der Waals surface area contributed by atoms with Crippen LogP contribution in [0.15, 0.2) is 0 Å². The van der Waals surface area contributed by atoms with Crippen molar-refractivity contribution in [2.75, 3.05) is 0 Å². The second kappa shape index (κ2) is 23.5. The maximum Gasteiger partial charge on any atom is -0.0533 e. The van der Waals surface area contributed by atoms with Gasteiger partial charge in [0.2, 0.25) is 0 Å². The molecule has 0 aromatic rings. The molecule has 0 unspecified atom stereocenters. The molecule has 0 aliphatic rings. The predicted octanol–water partition coefficient (Wildman–Crippen LogP) is 7.72. The van der Waals surface area contributed by atoms with Crippen LogP contribution in [0.5, 0.6) is 0 Å². The van der Waals surface area contributed by atoms with E-state index in [1.807, 2.05) is 0 Å². The van der Waals surface area contributed by atoms with Gasteiger partial charge in [0.25, 0.3) is 0 Å². The summed E-state index contributed by atoms with van der Waals surface area (Å²) in [6.07, 6.45) is 20.4. The molecule has 114 valence electrons. The maximum atomic E-state index is 2.29. The highest BCUT2D eigenvalue weighted by Gasteiger charge is 1.92. The standard InChI is InChI=1S/C16H34.2HI/c1-3-5-7-9-11-13-15-16-14-12-10-8-6-4-2;;/h3-16H2,1-2H3;2*1H. The molecule has 0 spiro atoms. The minimum atomic E-state index is 0. The van der Waals surface area contributed by atoms with Gasteiger partial charge in [-0.2, -0.15) is 0 Å². The van der Waals surface area contributed by atoms with Gasteiger partial charge >= 0.3 is 0 Å². The molecular formula is C16H36I2. The van der Waals surface area contributed by atoms with Crippen molar-refractivity contribution in [2.45, 2.75) is 104 Å². The molecular weight excluding hydrogens is 446 g/mol. The van der Waals surface area contributed by atoms with Crippen LogP contribution in [0.2, 0.25) is 0 Å². The molecule has 0 N–H and O–H groups in total. The van der Waals surface area contributed by atoms with Crippen LogP contribution < -0.4 is 0 Å². The first kappa shape index (κ1) is 24.5. The number of hydrogen-bond acceptors (Lipinski definition) is 0. The third kappa shape index (κ3) is 22.6. The first-order valence-corrected chi connectivity index (χ1v) is 7.91. The molecule has 2 heteroatoms. The molecule has 0 nitrogen and oxygen atoms in total. The summed E-state index contributed by atoms with van der Waals surface area (Å²) in [7, 11) is 0. The first-order valence-electron chi connectivity index (χ1n) is 7.91. The van der Waals surface area contributed by atoms with E-state index in [1.165, 1.54) is 89.9 Å². The molecule has 0 rings (SSSR count). The summed E-state index contributed by atoms with van der Waals surface area (Å²) >= 11 is 0. The van der Waals surface area contributed by atoms with Gasteiger partial charge in [0.1, 0.15) is 0 Å². The Labute approximate surface area is 151 Å². The SMILES string of the molecule is CCCCCCCCCCCCCCCC.I.I. The summed E-state index contributed by atoms with van der Waals surface area (Å²) < 4.78 is 0. The fourth-order valence-corrected chi connectivity index (χ4v) is 2.27. The molecule has 0 bridgehead atoms. The summed E-state index contributed by atoms with van der Waals surface area (Å²) in [5.74, 6) is 0. The van der Waals surface area contributed by atoms with Crippen molar-refractivity contribution in [2.24, 2.45) is 0 Å². The van der Waals surface area contributed by atoms with E-state index in [0.717, 1.165) is 0 Å². The van der Waals surface area contributed by atoms with Crippen LogP contribution in [0, 0.1) is 0 Å². The Balaban J connectivity index is -0.00000112. The normalized spacial score (nSPS) is 9.67. The lowest BCUT2D eigenvalue weighted by atomic mass is 10.0. The minimum Gasteiger partial charge on any atom is -0.107 e. The Hall–Kier alpha value is 1.46. The Kier molecular flexibility index (Phi) is 32.0. The average Bonchev–Trinajstić information content (AvgIpc) is 2.31. The van der Waals surface area contributed by atoms with Gasteiger partial charge in [-0.25, -0.2) is 0 Å². The van der Waals surface area contributed by atoms with Crippen molar-refractivity contribution >= 4 is 48.0 Å². The third-order valence-corrected chi connectivity index (χ3v) is 3.46. The molecule has 0 fully saturated rings. The maximum absolute atomic E-state index is 2.29. The van der Waals surface area contributed by atoms with Crippen LogP contribution in [-0.2, 0) is 0 Å². The smallest absolute Gasteiger partial charge is 0.0533 e. The Morgan fingerprint density at radius 3 is 0.667 bits per heavy atom. The number of hydrogen-bond donors (Lipinski definition) is 0. The zero-order valence-electron chi connectivity index (χ0n) is 12.7. The highest BCUT2D eigenvalue weighted by atomic mass is 127. The van der Waals surface area contributed by atoms with Crippen molar-refractivity contribution in [1.29, 1.82) is 0 Å². The fraction of sp³-hybridized carbons (Fsp3) is 1.00. The molecule has 0 amide bonds. The van der Waals surface area contributed by atoms with Gasteiger partial charge in [-0.3, -0.25) is 0 Å². The molecule has 0 atom stereocenters. The second-order valence-electron chi connectivity index (χ2n) is 5.24. The van der Waals surface area contributed by atoms with Crippen LogP contribution in [0.3, 0.4) is 0 Å². The topological polar surface area (TPSA) is 0 Å². The van der Waals surface area contributed by atoms with Crippen LogP contribution in [0.1, 0.15) is 104 Å². The lowest BCUT2D eigenvalue weighted by molar-refractivity contribution is 0.538. The predicted molar refractivity (Wildman–Crippen MR) is 107 cm³/mol. The Bertz CT molecular complexity index is 102. The van der Waals surface area contributed by atoms with Crippen molar-refractivity contribution in [3.63, 3.8) is 0 Å². The second-order valence-corrected chi connectivity index (χ2v) is 5.24. The lowest BCUT2D eigenvalue weighted by Gasteiger charge is -2.02. The van der Waals surface area contributed by atoms with Crippen LogP contribution in [0.25, 0.3) is 0 Å². The zero-order chi connectivity index (χ0) is 11.9. The van der Waals surface area contributed by atoms with Gasteiger partial charge in [-0.15, -0.1) is 48.0 Å². The molecule has 0 aromatic heterocycles. The van der Waals surface area contributed by atoms with Crippen molar-refractivity contribution < 1.29 is 0 Å². The third-order valence-electron chi connectivity index (χ3n) is 3.46. The molecule has 0 aliphatic carbocycles.